The highest BCUT2D eigenvalue weighted by atomic mass is 16.2. The van der Waals surface area contributed by atoms with Gasteiger partial charge in [-0.3, -0.25) is 9.59 Å². The number of carbonyl (C=O) groups excluding carboxylic acids is 2. The molecule has 0 saturated carbocycles. The third-order valence-corrected chi connectivity index (χ3v) is 4.99. The molecule has 2 aliphatic heterocycles. The van der Waals surface area contributed by atoms with E-state index in [1.807, 2.05) is 16.0 Å². The molecule has 1 atom stereocenters. The first-order valence-corrected chi connectivity index (χ1v) is 9.11. The number of amides is 2. The second-order valence-electron chi connectivity index (χ2n) is 8.45. The Morgan fingerprint density at radius 2 is 2.00 bits per heavy atom. The molecular formula is C19H28N4O2. The van der Waals surface area contributed by atoms with Crippen LogP contribution in [0, 0.1) is 5.41 Å². The number of likely N-dealkylation sites (tertiary alicyclic amines) is 1. The Morgan fingerprint density at radius 3 is 2.64 bits per heavy atom. The van der Waals surface area contributed by atoms with E-state index in [-0.39, 0.29) is 23.1 Å². The van der Waals surface area contributed by atoms with E-state index >= 15 is 0 Å². The second-order valence-corrected chi connectivity index (χ2v) is 8.45. The molecule has 3 heterocycles. The van der Waals surface area contributed by atoms with E-state index in [9.17, 15) is 9.59 Å². The predicted molar refractivity (Wildman–Crippen MR) is 94.8 cm³/mol. The monoisotopic (exact) mass is 344 g/mol. The van der Waals surface area contributed by atoms with Gasteiger partial charge in [-0.2, -0.15) is 0 Å². The standard InChI is InChI=1S/C19H28N4O2/c1-13(24)22-7-5-14(11-22)18-20-10-15-12-23(8-6-16(15)21-18)17(25)9-19(2,3)4/h10,14H,5-9,11-12H2,1-4H3. The number of aromatic nitrogens is 2. The summed E-state index contributed by atoms with van der Waals surface area (Å²) in [5.74, 6) is 1.40. The van der Waals surface area contributed by atoms with Crippen molar-refractivity contribution in [1.82, 2.24) is 19.8 Å². The summed E-state index contributed by atoms with van der Waals surface area (Å²) in [6.45, 7) is 10.7. The lowest BCUT2D eigenvalue weighted by Crippen LogP contribution is -2.38. The van der Waals surface area contributed by atoms with Crippen molar-refractivity contribution >= 4 is 11.8 Å². The Balaban J connectivity index is 1.68. The topological polar surface area (TPSA) is 66.4 Å². The van der Waals surface area contributed by atoms with Gasteiger partial charge >= 0.3 is 0 Å². The van der Waals surface area contributed by atoms with Gasteiger partial charge in [-0.05, 0) is 11.8 Å². The summed E-state index contributed by atoms with van der Waals surface area (Å²) >= 11 is 0. The van der Waals surface area contributed by atoms with E-state index in [1.165, 1.54) is 0 Å². The third kappa shape index (κ3) is 4.17. The number of hydrogen-bond acceptors (Lipinski definition) is 4. The molecule has 25 heavy (non-hydrogen) atoms. The molecule has 2 aliphatic rings. The van der Waals surface area contributed by atoms with Crippen LogP contribution in [0.2, 0.25) is 0 Å². The number of nitrogens with zero attached hydrogens (tertiary/aromatic N) is 4. The Hall–Kier alpha value is -1.98. The zero-order valence-electron chi connectivity index (χ0n) is 15.7. The van der Waals surface area contributed by atoms with Crippen LogP contribution in [0.15, 0.2) is 6.20 Å². The summed E-state index contributed by atoms with van der Waals surface area (Å²) in [5, 5.41) is 0. The first kappa shape index (κ1) is 17.8. The maximum Gasteiger partial charge on any atom is 0.223 e. The third-order valence-electron chi connectivity index (χ3n) is 4.99. The van der Waals surface area contributed by atoms with Gasteiger partial charge < -0.3 is 9.80 Å². The maximum atomic E-state index is 12.4. The lowest BCUT2D eigenvalue weighted by Gasteiger charge is -2.30. The molecule has 1 aromatic heterocycles. The Morgan fingerprint density at radius 1 is 1.24 bits per heavy atom. The average Bonchev–Trinajstić information content (AvgIpc) is 3.02. The normalized spacial score (nSPS) is 20.6. The van der Waals surface area contributed by atoms with E-state index < -0.39 is 0 Å². The van der Waals surface area contributed by atoms with Gasteiger partial charge in [0.2, 0.25) is 11.8 Å². The van der Waals surface area contributed by atoms with Gasteiger partial charge in [-0.1, -0.05) is 20.8 Å². The first-order valence-electron chi connectivity index (χ1n) is 9.11. The molecule has 6 nitrogen and oxygen atoms in total. The highest BCUT2D eigenvalue weighted by molar-refractivity contribution is 5.77. The quantitative estimate of drug-likeness (QED) is 0.824. The SMILES string of the molecule is CC(=O)N1CCC(c2ncc3c(n2)CCN(C(=O)CC(C)(C)C)C3)C1. The fourth-order valence-corrected chi connectivity index (χ4v) is 3.56. The van der Waals surface area contributed by atoms with Gasteiger partial charge in [-0.15, -0.1) is 0 Å². The van der Waals surface area contributed by atoms with E-state index in [4.69, 9.17) is 4.98 Å². The van der Waals surface area contributed by atoms with Crippen LogP contribution in [0.4, 0.5) is 0 Å². The van der Waals surface area contributed by atoms with Crippen molar-refractivity contribution in [3.63, 3.8) is 0 Å². The minimum atomic E-state index is 0.00276. The van der Waals surface area contributed by atoms with Crippen LogP contribution in [-0.2, 0) is 22.6 Å². The molecule has 1 fully saturated rings. The summed E-state index contributed by atoms with van der Waals surface area (Å²) in [7, 11) is 0. The van der Waals surface area contributed by atoms with Crippen LogP contribution in [-0.4, -0.2) is 51.2 Å². The number of carbonyl (C=O) groups is 2. The van der Waals surface area contributed by atoms with Crippen molar-refractivity contribution in [2.24, 2.45) is 5.41 Å². The predicted octanol–water partition coefficient (Wildman–Crippen LogP) is 2.13. The molecule has 6 heteroatoms. The van der Waals surface area contributed by atoms with Gasteiger partial charge in [0.1, 0.15) is 5.82 Å². The fraction of sp³-hybridized carbons (Fsp3) is 0.684. The van der Waals surface area contributed by atoms with Crippen LogP contribution in [0.5, 0.6) is 0 Å². The van der Waals surface area contributed by atoms with E-state index in [2.05, 4.69) is 25.8 Å². The van der Waals surface area contributed by atoms with Crippen molar-refractivity contribution in [2.45, 2.75) is 59.4 Å². The number of fused-ring (bicyclic) bond motifs is 1. The summed E-state index contributed by atoms with van der Waals surface area (Å²) in [6, 6.07) is 0. The molecule has 136 valence electrons. The average molecular weight is 344 g/mol. The molecule has 0 aliphatic carbocycles. The van der Waals surface area contributed by atoms with Gasteiger partial charge in [-0.25, -0.2) is 9.97 Å². The molecule has 1 aromatic rings. The van der Waals surface area contributed by atoms with Crippen molar-refractivity contribution in [2.75, 3.05) is 19.6 Å². The molecular weight excluding hydrogens is 316 g/mol. The fourth-order valence-electron chi connectivity index (χ4n) is 3.56. The zero-order valence-corrected chi connectivity index (χ0v) is 15.7. The van der Waals surface area contributed by atoms with Gasteiger partial charge in [0.25, 0.3) is 0 Å². The van der Waals surface area contributed by atoms with E-state index in [0.29, 0.717) is 19.5 Å². The Bertz CT molecular complexity index is 680. The molecule has 1 unspecified atom stereocenters. The van der Waals surface area contributed by atoms with E-state index in [1.54, 1.807) is 6.92 Å². The number of rotatable bonds is 2. The second kappa shape index (κ2) is 6.73. The Labute approximate surface area is 149 Å². The molecule has 1 saturated heterocycles. The largest absolute Gasteiger partial charge is 0.342 e. The van der Waals surface area contributed by atoms with Gasteiger partial charge in [0.05, 0.1) is 5.69 Å². The smallest absolute Gasteiger partial charge is 0.223 e. The lowest BCUT2D eigenvalue weighted by atomic mass is 9.91. The molecule has 0 radical (unpaired) electrons. The van der Waals surface area contributed by atoms with Crippen molar-refractivity contribution in [1.29, 1.82) is 0 Å². The van der Waals surface area contributed by atoms with E-state index in [0.717, 1.165) is 43.0 Å². The molecule has 0 aromatic carbocycles. The van der Waals surface area contributed by atoms with Crippen LogP contribution < -0.4 is 0 Å². The number of hydrogen-bond donors (Lipinski definition) is 0. The van der Waals surface area contributed by atoms with Crippen molar-refractivity contribution in [3.05, 3.63) is 23.3 Å². The van der Waals surface area contributed by atoms with Crippen molar-refractivity contribution < 1.29 is 9.59 Å². The summed E-state index contributed by atoms with van der Waals surface area (Å²) < 4.78 is 0. The molecule has 3 rings (SSSR count). The highest BCUT2D eigenvalue weighted by Gasteiger charge is 2.30. The van der Waals surface area contributed by atoms with Crippen LogP contribution in [0.25, 0.3) is 0 Å². The maximum absolute atomic E-state index is 12.4. The molecule has 0 N–H and O–H groups in total. The Kier molecular flexibility index (Phi) is 4.80. The minimum Gasteiger partial charge on any atom is -0.342 e. The summed E-state index contributed by atoms with van der Waals surface area (Å²) in [4.78, 5) is 37.1. The summed E-state index contributed by atoms with van der Waals surface area (Å²) in [5.41, 5.74) is 2.12. The molecule has 2 amide bonds. The highest BCUT2D eigenvalue weighted by Crippen LogP contribution is 2.27. The van der Waals surface area contributed by atoms with Gasteiger partial charge in [0, 0.05) is 63.6 Å². The summed E-state index contributed by atoms with van der Waals surface area (Å²) in [6.07, 6.45) is 4.15. The van der Waals surface area contributed by atoms with Crippen LogP contribution in [0.3, 0.4) is 0 Å². The van der Waals surface area contributed by atoms with Crippen LogP contribution in [0.1, 0.15) is 63.5 Å². The molecule has 0 bridgehead atoms. The van der Waals surface area contributed by atoms with Crippen molar-refractivity contribution in [3.8, 4) is 0 Å². The zero-order chi connectivity index (χ0) is 18.2. The van der Waals surface area contributed by atoms with Crippen LogP contribution >= 0.6 is 0 Å². The van der Waals surface area contributed by atoms with Gasteiger partial charge in [0.15, 0.2) is 0 Å². The minimum absolute atomic E-state index is 0.00276. The first-order chi connectivity index (χ1) is 11.7. The molecule has 0 spiro atoms. The lowest BCUT2D eigenvalue weighted by molar-refractivity contribution is -0.134.